The Morgan fingerprint density at radius 3 is 2.67 bits per heavy atom. The number of hydrogen-bond donors (Lipinski definition) is 0. The summed E-state index contributed by atoms with van der Waals surface area (Å²) in [6.07, 6.45) is 2.55. The number of esters is 1. The average molecular weight is 524 g/mol. The summed E-state index contributed by atoms with van der Waals surface area (Å²) in [6.45, 7) is 1.43. The van der Waals surface area contributed by atoms with Crippen molar-refractivity contribution in [3.63, 3.8) is 0 Å². The zero-order chi connectivity index (χ0) is 25.7. The zero-order valence-electron chi connectivity index (χ0n) is 20.2. The predicted molar refractivity (Wildman–Crippen MR) is 144 cm³/mol. The normalized spacial score (nSPS) is 15.9. The Morgan fingerprint density at radius 2 is 1.94 bits per heavy atom. The maximum Gasteiger partial charge on any atom is 0.339 e. The highest BCUT2D eigenvalue weighted by molar-refractivity contribution is 8.18. The van der Waals surface area contributed by atoms with Gasteiger partial charge in [0, 0.05) is 18.2 Å². The maximum atomic E-state index is 13.3. The van der Waals surface area contributed by atoms with Crippen molar-refractivity contribution in [2.24, 2.45) is 4.99 Å². The molecule has 0 bridgehead atoms. The Hall–Kier alpha value is -3.33. The Kier molecular flexibility index (Phi) is 8.30. The molecule has 1 aliphatic heterocycles. The highest BCUT2D eigenvalue weighted by Crippen LogP contribution is 2.35. The summed E-state index contributed by atoms with van der Waals surface area (Å²) in [6, 6.07) is 18.2. The smallest absolute Gasteiger partial charge is 0.339 e. The molecule has 2 heterocycles. The average Bonchev–Trinajstić information content (AvgIpc) is 3.45. The summed E-state index contributed by atoms with van der Waals surface area (Å²) in [4.78, 5) is 34.3. The van der Waals surface area contributed by atoms with E-state index >= 15 is 0 Å². The minimum Gasteiger partial charge on any atom is -0.465 e. The number of aliphatic imine (C=N–C) groups is 1. The Bertz CT molecular complexity index is 1320. The van der Waals surface area contributed by atoms with Gasteiger partial charge in [0.1, 0.15) is 11.5 Å². The number of amides is 1. The molecule has 7 nitrogen and oxygen atoms in total. The Morgan fingerprint density at radius 1 is 1.17 bits per heavy atom. The lowest BCUT2D eigenvalue weighted by molar-refractivity contribution is -0.122. The lowest BCUT2D eigenvalue weighted by Crippen LogP contribution is -2.31. The van der Waals surface area contributed by atoms with Crippen molar-refractivity contribution in [1.82, 2.24) is 9.80 Å². The number of carbonyl (C=O) groups is 2. The minimum absolute atomic E-state index is 0.106. The van der Waals surface area contributed by atoms with Crippen LogP contribution in [0.25, 0.3) is 17.4 Å². The number of para-hydroxylation sites is 1. The number of nitrogens with zero attached hydrogens (tertiary/aromatic N) is 3. The molecule has 0 atom stereocenters. The van der Waals surface area contributed by atoms with Gasteiger partial charge in [-0.3, -0.25) is 9.69 Å². The second-order valence-corrected chi connectivity index (χ2v) is 9.76. The molecule has 0 spiro atoms. The van der Waals surface area contributed by atoms with Crippen LogP contribution in [-0.2, 0) is 9.53 Å². The fraction of sp³-hybridized carbons (Fsp3) is 0.222. The SMILES string of the molecule is COC(=O)c1cc(-c2ccc(/C=C3/SC(=Nc4ccccc4)N(CCCN(C)C)C3=O)o2)ccc1Cl. The molecule has 1 fully saturated rings. The van der Waals surface area contributed by atoms with Crippen LogP contribution in [0.1, 0.15) is 22.5 Å². The van der Waals surface area contributed by atoms with Crippen molar-refractivity contribution in [3.8, 4) is 11.3 Å². The molecule has 2 aromatic carbocycles. The third-order valence-corrected chi connectivity index (χ3v) is 6.75. The molecule has 4 rings (SSSR count). The van der Waals surface area contributed by atoms with Crippen molar-refractivity contribution in [2.45, 2.75) is 6.42 Å². The number of benzene rings is 2. The summed E-state index contributed by atoms with van der Waals surface area (Å²) in [5, 5.41) is 0.940. The van der Waals surface area contributed by atoms with E-state index in [1.165, 1.54) is 18.9 Å². The third-order valence-electron chi connectivity index (χ3n) is 5.41. The molecule has 0 radical (unpaired) electrons. The van der Waals surface area contributed by atoms with Crippen LogP contribution in [0.4, 0.5) is 5.69 Å². The molecule has 36 heavy (non-hydrogen) atoms. The van der Waals surface area contributed by atoms with E-state index in [0.29, 0.717) is 38.7 Å². The fourth-order valence-corrected chi connectivity index (χ4v) is 4.81. The van der Waals surface area contributed by atoms with E-state index in [1.54, 1.807) is 41.3 Å². The summed E-state index contributed by atoms with van der Waals surface area (Å²) in [5.74, 6) is 0.430. The standard InChI is InChI=1S/C27H26ClN3O4S/c1-30(2)14-7-15-31-25(32)24(36-27(31)29-19-8-5-4-6-9-19)17-20-11-13-23(35-20)18-10-12-22(28)21(16-18)26(33)34-3/h4-6,8-13,16-17H,7,14-15H2,1-3H3/b24-17+,29-27?. The van der Waals surface area contributed by atoms with Gasteiger partial charge in [0.05, 0.1) is 28.3 Å². The molecule has 1 aromatic heterocycles. The summed E-state index contributed by atoms with van der Waals surface area (Å²) in [7, 11) is 5.32. The van der Waals surface area contributed by atoms with E-state index in [9.17, 15) is 9.59 Å². The van der Waals surface area contributed by atoms with Crippen molar-refractivity contribution in [3.05, 3.63) is 81.9 Å². The van der Waals surface area contributed by atoms with Crippen LogP contribution in [0.15, 0.2) is 75.0 Å². The van der Waals surface area contributed by atoms with Crippen molar-refractivity contribution >= 4 is 52.2 Å². The van der Waals surface area contributed by atoms with Gasteiger partial charge in [-0.15, -0.1) is 0 Å². The first-order chi connectivity index (χ1) is 17.4. The Balaban J connectivity index is 1.60. The van der Waals surface area contributed by atoms with Crippen molar-refractivity contribution in [1.29, 1.82) is 0 Å². The van der Waals surface area contributed by atoms with Crippen LogP contribution in [0.3, 0.4) is 0 Å². The van der Waals surface area contributed by atoms with Crippen molar-refractivity contribution in [2.75, 3.05) is 34.3 Å². The number of furan rings is 1. The summed E-state index contributed by atoms with van der Waals surface area (Å²) >= 11 is 7.46. The number of thioether (sulfide) groups is 1. The molecule has 3 aromatic rings. The first kappa shape index (κ1) is 25.8. The van der Waals surface area contributed by atoms with Crippen LogP contribution in [0, 0.1) is 0 Å². The highest BCUT2D eigenvalue weighted by Gasteiger charge is 2.33. The molecule has 1 amide bonds. The van der Waals surface area contributed by atoms with Crippen LogP contribution >= 0.6 is 23.4 Å². The third kappa shape index (κ3) is 6.07. The van der Waals surface area contributed by atoms with Gasteiger partial charge in [-0.05, 0) is 81.3 Å². The predicted octanol–water partition coefficient (Wildman–Crippen LogP) is 5.94. The van der Waals surface area contributed by atoms with Gasteiger partial charge in [-0.25, -0.2) is 9.79 Å². The van der Waals surface area contributed by atoms with Crippen molar-refractivity contribution < 1.29 is 18.7 Å². The summed E-state index contributed by atoms with van der Waals surface area (Å²) in [5.41, 5.74) is 1.72. The van der Waals surface area contributed by atoms with E-state index in [2.05, 4.69) is 4.90 Å². The molecule has 0 aliphatic carbocycles. The van der Waals surface area contributed by atoms with E-state index < -0.39 is 5.97 Å². The molecule has 0 unspecified atom stereocenters. The van der Waals surface area contributed by atoms with Gasteiger partial charge in [-0.2, -0.15) is 0 Å². The fourth-order valence-electron chi connectivity index (χ4n) is 3.61. The minimum atomic E-state index is -0.525. The van der Waals surface area contributed by atoms with Crippen LogP contribution in [0.5, 0.6) is 0 Å². The van der Waals surface area contributed by atoms with E-state index in [4.69, 9.17) is 25.7 Å². The van der Waals surface area contributed by atoms with Gasteiger partial charge < -0.3 is 14.1 Å². The lowest BCUT2D eigenvalue weighted by atomic mass is 10.1. The highest BCUT2D eigenvalue weighted by atomic mass is 35.5. The molecule has 1 aliphatic rings. The Labute approximate surface area is 219 Å². The van der Waals surface area contributed by atoms with Gasteiger partial charge in [0.25, 0.3) is 5.91 Å². The maximum absolute atomic E-state index is 13.3. The molecule has 0 saturated carbocycles. The number of methoxy groups -OCH3 is 1. The van der Waals surface area contributed by atoms with Crippen LogP contribution in [-0.4, -0.2) is 61.1 Å². The van der Waals surface area contributed by atoms with Gasteiger partial charge >= 0.3 is 5.97 Å². The molecular weight excluding hydrogens is 498 g/mol. The zero-order valence-corrected chi connectivity index (χ0v) is 21.8. The monoisotopic (exact) mass is 523 g/mol. The quantitative estimate of drug-likeness (QED) is 0.268. The van der Waals surface area contributed by atoms with Crippen LogP contribution < -0.4 is 0 Å². The summed E-state index contributed by atoms with van der Waals surface area (Å²) < 4.78 is 10.8. The number of carbonyl (C=O) groups excluding carboxylic acids is 2. The second-order valence-electron chi connectivity index (χ2n) is 8.34. The number of halogens is 1. The first-order valence-electron chi connectivity index (χ1n) is 11.3. The number of rotatable bonds is 8. The van der Waals surface area contributed by atoms with E-state index in [-0.39, 0.29) is 11.5 Å². The van der Waals surface area contributed by atoms with E-state index in [1.807, 2.05) is 44.4 Å². The number of hydrogen-bond acceptors (Lipinski definition) is 7. The molecule has 0 N–H and O–H groups in total. The topological polar surface area (TPSA) is 75.3 Å². The number of ether oxygens (including phenoxy) is 1. The molecular formula is C27H26ClN3O4S. The van der Waals surface area contributed by atoms with Gasteiger partial charge in [0.15, 0.2) is 5.17 Å². The molecule has 9 heteroatoms. The molecule has 1 saturated heterocycles. The van der Waals surface area contributed by atoms with Gasteiger partial charge in [-0.1, -0.05) is 29.8 Å². The van der Waals surface area contributed by atoms with E-state index in [0.717, 1.165) is 18.7 Å². The second kappa shape index (κ2) is 11.6. The van der Waals surface area contributed by atoms with Crippen LogP contribution in [0.2, 0.25) is 5.02 Å². The molecule has 186 valence electrons. The number of amidine groups is 1. The van der Waals surface area contributed by atoms with Gasteiger partial charge in [0.2, 0.25) is 0 Å². The first-order valence-corrected chi connectivity index (χ1v) is 12.5. The largest absolute Gasteiger partial charge is 0.465 e. The lowest BCUT2D eigenvalue weighted by Gasteiger charge is -2.17.